The Morgan fingerprint density at radius 1 is 1.30 bits per heavy atom. The first-order valence-corrected chi connectivity index (χ1v) is 10.0. The molecule has 1 aliphatic rings. The highest BCUT2D eigenvalue weighted by atomic mass is 32.1. The van der Waals surface area contributed by atoms with E-state index in [0.29, 0.717) is 11.2 Å². The standard InChI is InChI=1S/C20H23N5OS/c1-14(26)22-20-23-18(13-27-20)19-4-3-9-25(19)11-15-5-7-16(8-6-15)17-10-21-24(2)12-17/h5-8,10,12-13,19H,3-4,9,11H2,1-2H3,(H,22,23,26)/t19-/m0/s1. The minimum absolute atomic E-state index is 0.0760. The lowest BCUT2D eigenvalue weighted by Crippen LogP contribution is -2.23. The number of nitrogens with zero attached hydrogens (tertiary/aromatic N) is 4. The number of rotatable bonds is 5. The molecule has 2 aromatic heterocycles. The van der Waals surface area contributed by atoms with Gasteiger partial charge in [-0.1, -0.05) is 24.3 Å². The van der Waals surface area contributed by atoms with E-state index in [9.17, 15) is 4.79 Å². The molecule has 1 atom stereocenters. The van der Waals surface area contributed by atoms with Crippen LogP contribution in [0.1, 0.15) is 37.1 Å². The Labute approximate surface area is 162 Å². The van der Waals surface area contributed by atoms with E-state index in [0.717, 1.165) is 30.8 Å². The summed E-state index contributed by atoms with van der Waals surface area (Å²) in [5, 5.41) is 9.77. The van der Waals surface area contributed by atoms with Crippen LogP contribution in [0.3, 0.4) is 0 Å². The highest BCUT2D eigenvalue weighted by Gasteiger charge is 2.28. The SMILES string of the molecule is CC(=O)Nc1nc([C@@H]2CCCN2Cc2ccc(-c3cnn(C)c3)cc2)cs1. The van der Waals surface area contributed by atoms with Gasteiger partial charge in [0.2, 0.25) is 5.91 Å². The summed E-state index contributed by atoms with van der Waals surface area (Å²) in [5.74, 6) is -0.0760. The van der Waals surface area contributed by atoms with Crippen molar-refractivity contribution in [2.45, 2.75) is 32.4 Å². The fraction of sp³-hybridized carbons (Fsp3) is 0.350. The molecule has 1 aliphatic heterocycles. The van der Waals surface area contributed by atoms with Gasteiger partial charge in [0, 0.05) is 37.7 Å². The number of anilines is 1. The van der Waals surface area contributed by atoms with E-state index in [4.69, 9.17) is 0 Å². The second kappa shape index (κ2) is 7.62. The molecule has 0 unspecified atom stereocenters. The second-order valence-corrected chi connectivity index (χ2v) is 7.84. The number of likely N-dealkylation sites (tertiary alicyclic amines) is 1. The molecule has 6 nitrogen and oxygen atoms in total. The summed E-state index contributed by atoms with van der Waals surface area (Å²) in [6, 6.07) is 9.04. The molecule has 4 rings (SSSR count). The zero-order valence-electron chi connectivity index (χ0n) is 15.6. The lowest BCUT2D eigenvalue weighted by atomic mass is 10.1. The number of thiazole rings is 1. The van der Waals surface area contributed by atoms with Gasteiger partial charge < -0.3 is 5.32 Å². The Morgan fingerprint density at radius 2 is 2.11 bits per heavy atom. The van der Waals surface area contributed by atoms with Gasteiger partial charge in [0.25, 0.3) is 0 Å². The Bertz CT molecular complexity index is 930. The third kappa shape index (κ3) is 4.09. The maximum Gasteiger partial charge on any atom is 0.223 e. The summed E-state index contributed by atoms with van der Waals surface area (Å²) in [6.07, 6.45) is 6.20. The van der Waals surface area contributed by atoms with Crippen LogP contribution in [-0.2, 0) is 18.4 Å². The Morgan fingerprint density at radius 3 is 2.81 bits per heavy atom. The summed E-state index contributed by atoms with van der Waals surface area (Å²) in [6.45, 7) is 3.49. The van der Waals surface area contributed by atoms with Gasteiger partial charge >= 0.3 is 0 Å². The summed E-state index contributed by atoms with van der Waals surface area (Å²) >= 11 is 1.50. The molecule has 1 aromatic carbocycles. The van der Waals surface area contributed by atoms with Crippen LogP contribution in [0.5, 0.6) is 0 Å². The van der Waals surface area contributed by atoms with Crippen molar-refractivity contribution in [2.75, 3.05) is 11.9 Å². The summed E-state index contributed by atoms with van der Waals surface area (Å²) in [5.41, 5.74) is 4.68. The predicted molar refractivity (Wildman–Crippen MR) is 107 cm³/mol. The first-order valence-electron chi connectivity index (χ1n) is 9.13. The van der Waals surface area contributed by atoms with Crippen LogP contribution < -0.4 is 5.32 Å². The molecule has 0 bridgehead atoms. The molecule has 1 saturated heterocycles. The molecule has 0 radical (unpaired) electrons. The van der Waals surface area contributed by atoms with Crippen molar-refractivity contribution >= 4 is 22.4 Å². The molecule has 1 fully saturated rings. The van der Waals surface area contributed by atoms with E-state index in [-0.39, 0.29) is 5.91 Å². The summed E-state index contributed by atoms with van der Waals surface area (Å²) in [4.78, 5) is 18.3. The van der Waals surface area contributed by atoms with Gasteiger partial charge in [0.1, 0.15) is 0 Å². The van der Waals surface area contributed by atoms with E-state index in [1.807, 2.05) is 24.1 Å². The molecule has 1 amide bonds. The van der Waals surface area contributed by atoms with Crippen LogP contribution in [0.25, 0.3) is 11.1 Å². The van der Waals surface area contributed by atoms with Crippen molar-refractivity contribution in [2.24, 2.45) is 7.05 Å². The first kappa shape index (κ1) is 17.9. The van der Waals surface area contributed by atoms with E-state index in [2.05, 4.69) is 49.9 Å². The van der Waals surface area contributed by atoms with Crippen LogP contribution in [0.2, 0.25) is 0 Å². The van der Waals surface area contributed by atoms with Gasteiger partial charge in [-0.3, -0.25) is 14.4 Å². The maximum atomic E-state index is 11.2. The molecule has 3 heterocycles. The first-order chi connectivity index (χ1) is 13.1. The molecule has 27 heavy (non-hydrogen) atoms. The molecule has 0 aliphatic carbocycles. The number of hydrogen-bond acceptors (Lipinski definition) is 5. The third-order valence-electron chi connectivity index (χ3n) is 4.89. The van der Waals surface area contributed by atoms with Gasteiger partial charge in [-0.25, -0.2) is 4.98 Å². The van der Waals surface area contributed by atoms with E-state index < -0.39 is 0 Å². The van der Waals surface area contributed by atoms with Crippen molar-refractivity contribution in [1.82, 2.24) is 19.7 Å². The minimum Gasteiger partial charge on any atom is -0.302 e. The Balaban J connectivity index is 1.45. The van der Waals surface area contributed by atoms with Crippen LogP contribution in [-0.4, -0.2) is 32.1 Å². The number of nitrogens with one attached hydrogen (secondary N) is 1. The van der Waals surface area contributed by atoms with Crippen molar-refractivity contribution in [3.8, 4) is 11.1 Å². The van der Waals surface area contributed by atoms with Crippen molar-refractivity contribution < 1.29 is 4.79 Å². The molecule has 0 spiro atoms. The monoisotopic (exact) mass is 381 g/mol. The lowest BCUT2D eigenvalue weighted by Gasteiger charge is -2.23. The molecular weight excluding hydrogens is 358 g/mol. The fourth-order valence-electron chi connectivity index (χ4n) is 3.60. The molecule has 1 N–H and O–H groups in total. The second-order valence-electron chi connectivity index (χ2n) is 6.99. The molecule has 0 saturated carbocycles. The third-order valence-corrected chi connectivity index (χ3v) is 5.66. The number of benzene rings is 1. The lowest BCUT2D eigenvalue weighted by molar-refractivity contribution is -0.114. The largest absolute Gasteiger partial charge is 0.302 e. The van der Waals surface area contributed by atoms with E-state index in [1.165, 1.54) is 35.8 Å². The highest BCUT2D eigenvalue weighted by molar-refractivity contribution is 7.13. The highest BCUT2D eigenvalue weighted by Crippen LogP contribution is 2.34. The van der Waals surface area contributed by atoms with Crippen LogP contribution in [0.15, 0.2) is 42.0 Å². The number of aromatic nitrogens is 3. The smallest absolute Gasteiger partial charge is 0.223 e. The van der Waals surface area contributed by atoms with Gasteiger partial charge in [0.15, 0.2) is 5.13 Å². The number of carbonyl (C=O) groups excluding carboxylic acids is 1. The van der Waals surface area contributed by atoms with Gasteiger partial charge in [-0.05, 0) is 30.5 Å². The quantitative estimate of drug-likeness (QED) is 0.729. The van der Waals surface area contributed by atoms with Crippen molar-refractivity contribution in [3.05, 3.63) is 53.3 Å². The average Bonchev–Trinajstić information content (AvgIpc) is 3.36. The summed E-state index contributed by atoms with van der Waals surface area (Å²) in [7, 11) is 1.93. The van der Waals surface area contributed by atoms with E-state index in [1.54, 1.807) is 0 Å². The van der Waals surface area contributed by atoms with Crippen LogP contribution in [0.4, 0.5) is 5.13 Å². The Kier molecular flexibility index (Phi) is 5.05. The van der Waals surface area contributed by atoms with Crippen LogP contribution >= 0.6 is 11.3 Å². The van der Waals surface area contributed by atoms with E-state index >= 15 is 0 Å². The van der Waals surface area contributed by atoms with Gasteiger partial charge in [-0.15, -0.1) is 11.3 Å². The van der Waals surface area contributed by atoms with Gasteiger partial charge in [-0.2, -0.15) is 5.10 Å². The Hall–Kier alpha value is -2.51. The van der Waals surface area contributed by atoms with Gasteiger partial charge in [0.05, 0.1) is 17.9 Å². The average molecular weight is 382 g/mol. The molecule has 140 valence electrons. The molecule has 3 aromatic rings. The predicted octanol–water partition coefficient (Wildman–Crippen LogP) is 3.84. The molecule has 7 heteroatoms. The number of hydrogen-bond donors (Lipinski definition) is 1. The zero-order valence-corrected chi connectivity index (χ0v) is 16.4. The zero-order chi connectivity index (χ0) is 18.8. The fourth-order valence-corrected chi connectivity index (χ4v) is 4.41. The van der Waals surface area contributed by atoms with Crippen LogP contribution in [0, 0.1) is 0 Å². The minimum atomic E-state index is -0.0760. The number of carbonyl (C=O) groups is 1. The molecular formula is C20H23N5OS. The van der Waals surface area contributed by atoms with Crippen molar-refractivity contribution in [3.63, 3.8) is 0 Å². The number of amides is 1. The maximum absolute atomic E-state index is 11.2. The number of aryl methyl sites for hydroxylation is 1. The normalized spacial score (nSPS) is 17.3. The topological polar surface area (TPSA) is 63.1 Å². The summed E-state index contributed by atoms with van der Waals surface area (Å²) < 4.78 is 1.82. The van der Waals surface area contributed by atoms with Crippen molar-refractivity contribution in [1.29, 1.82) is 0 Å².